The van der Waals surface area contributed by atoms with Gasteiger partial charge in [-0.1, -0.05) is 6.07 Å². The molecule has 6 nitrogen and oxygen atoms in total. The molecule has 0 fully saturated rings. The maximum atomic E-state index is 5.19. The normalized spacial score (nSPS) is 10.7. The molecule has 0 saturated heterocycles. The summed E-state index contributed by atoms with van der Waals surface area (Å²) in [6.45, 7) is 3.68. The van der Waals surface area contributed by atoms with Crippen molar-refractivity contribution >= 4 is 5.69 Å². The Morgan fingerprint density at radius 2 is 2.30 bits per heavy atom. The largest absolute Gasteiger partial charge is 0.423 e. The molecule has 0 bridgehead atoms. The lowest BCUT2D eigenvalue weighted by Gasteiger charge is -2.05. The summed E-state index contributed by atoms with van der Waals surface area (Å²) in [4.78, 5) is 0. The van der Waals surface area contributed by atoms with Gasteiger partial charge in [-0.15, -0.1) is 10.2 Å². The van der Waals surface area contributed by atoms with Crippen LogP contribution in [0.25, 0.3) is 11.5 Å². The van der Waals surface area contributed by atoms with Gasteiger partial charge in [-0.25, -0.2) is 0 Å². The summed E-state index contributed by atoms with van der Waals surface area (Å²) in [6, 6.07) is 7.88. The molecule has 6 heteroatoms. The smallest absolute Gasteiger partial charge is 0.247 e. The van der Waals surface area contributed by atoms with Crippen molar-refractivity contribution in [1.82, 2.24) is 20.0 Å². The lowest BCUT2D eigenvalue weighted by Crippen LogP contribution is -1.98. The Morgan fingerprint density at radius 3 is 3.05 bits per heavy atom. The van der Waals surface area contributed by atoms with Crippen LogP contribution in [0.4, 0.5) is 5.69 Å². The van der Waals surface area contributed by atoms with E-state index in [0.717, 1.165) is 29.9 Å². The molecule has 1 N–H and O–H groups in total. The zero-order valence-corrected chi connectivity index (χ0v) is 11.2. The Balaban J connectivity index is 1.70. The molecule has 0 amide bonds. The number of hydrogen-bond acceptors (Lipinski definition) is 5. The molecule has 0 spiro atoms. The van der Waals surface area contributed by atoms with Crippen molar-refractivity contribution in [2.24, 2.45) is 0 Å². The van der Waals surface area contributed by atoms with Gasteiger partial charge in [0.15, 0.2) is 0 Å². The summed E-state index contributed by atoms with van der Waals surface area (Å²) in [7, 11) is 0. The fourth-order valence-corrected chi connectivity index (χ4v) is 1.94. The molecule has 102 valence electrons. The first-order valence-corrected chi connectivity index (χ1v) is 6.47. The van der Waals surface area contributed by atoms with Crippen LogP contribution in [0, 0.1) is 0 Å². The van der Waals surface area contributed by atoms with E-state index in [1.165, 1.54) is 6.39 Å². The summed E-state index contributed by atoms with van der Waals surface area (Å²) in [5, 5.41) is 15.2. The van der Waals surface area contributed by atoms with Crippen LogP contribution in [-0.4, -0.2) is 20.0 Å². The van der Waals surface area contributed by atoms with Gasteiger partial charge in [-0.3, -0.25) is 4.68 Å². The maximum Gasteiger partial charge on any atom is 0.247 e. The Hall–Kier alpha value is -2.63. The minimum Gasteiger partial charge on any atom is -0.423 e. The van der Waals surface area contributed by atoms with Crippen molar-refractivity contribution in [3.05, 3.63) is 48.6 Å². The summed E-state index contributed by atoms with van der Waals surface area (Å²) in [5.74, 6) is 0.521. The van der Waals surface area contributed by atoms with Crippen molar-refractivity contribution in [3.8, 4) is 11.5 Å². The molecule has 0 aliphatic carbocycles. The highest BCUT2D eigenvalue weighted by molar-refractivity contribution is 5.60. The van der Waals surface area contributed by atoms with Crippen LogP contribution in [0.3, 0.4) is 0 Å². The van der Waals surface area contributed by atoms with Gasteiger partial charge in [-0.2, -0.15) is 5.10 Å². The lowest BCUT2D eigenvalue weighted by atomic mass is 10.2. The topological polar surface area (TPSA) is 68.8 Å². The molecule has 1 aromatic carbocycles. The van der Waals surface area contributed by atoms with E-state index in [2.05, 4.69) is 27.5 Å². The van der Waals surface area contributed by atoms with E-state index in [4.69, 9.17) is 4.42 Å². The molecule has 20 heavy (non-hydrogen) atoms. The highest BCUT2D eigenvalue weighted by Gasteiger charge is 2.04. The first-order chi connectivity index (χ1) is 9.85. The molecular formula is C14H15N5O. The van der Waals surface area contributed by atoms with E-state index in [1.807, 2.05) is 41.3 Å². The second-order valence-electron chi connectivity index (χ2n) is 4.38. The van der Waals surface area contributed by atoms with E-state index in [0.29, 0.717) is 5.89 Å². The third-order valence-corrected chi connectivity index (χ3v) is 2.98. The Labute approximate surface area is 116 Å². The number of nitrogens with zero attached hydrogens (tertiary/aromatic N) is 4. The second-order valence-corrected chi connectivity index (χ2v) is 4.38. The average molecular weight is 269 g/mol. The van der Waals surface area contributed by atoms with Crippen LogP contribution in [0.2, 0.25) is 0 Å². The molecule has 3 rings (SSSR count). The lowest BCUT2D eigenvalue weighted by molar-refractivity contribution is 0.568. The molecule has 0 aliphatic heterocycles. The zero-order chi connectivity index (χ0) is 13.8. The quantitative estimate of drug-likeness (QED) is 0.771. The predicted octanol–water partition coefficient (Wildman–Crippen LogP) is 2.57. The van der Waals surface area contributed by atoms with Gasteiger partial charge in [0.2, 0.25) is 12.3 Å². The van der Waals surface area contributed by atoms with Crippen molar-refractivity contribution < 1.29 is 4.42 Å². The molecule has 0 saturated carbocycles. The van der Waals surface area contributed by atoms with Crippen LogP contribution in [0.1, 0.15) is 12.5 Å². The van der Waals surface area contributed by atoms with Crippen molar-refractivity contribution in [2.75, 3.05) is 5.32 Å². The van der Waals surface area contributed by atoms with Crippen molar-refractivity contribution in [3.63, 3.8) is 0 Å². The summed E-state index contributed by atoms with van der Waals surface area (Å²) in [5.41, 5.74) is 3.05. The maximum absolute atomic E-state index is 5.19. The van der Waals surface area contributed by atoms with Crippen LogP contribution >= 0.6 is 0 Å². The molecule has 0 radical (unpaired) electrons. The number of rotatable bonds is 5. The van der Waals surface area contributed by atoms with E-state index in [1.54, 1.807) is 0 Å². The SMILES string of the molecule is CCn1cc(CNc2cccc(-c3nnco3)c2)cn1. The van der Waals surface area contributed by atoms with Crippen LogP contribution in [-0.2, 0) is 13.1 Å². The summed E-state index contributed by atoms with van der Waals surface area (Å²) < 4.78 is 7.10. The fourth-order valence-electron chi connectivity index (χ4n) is 1.94. The summed E-state index contributed by atoms with van der Waals surface area (Å²) >= 11 is 0. The Bertz CT molecular complexity index is 674. The van der Waals surface area contributed by atoms with E-state index < -0.39 is 0 Å². The molecular weight excluding hydrogens is 254 g/mol. The second kappa shape index (κ2) is 5.56. The zero-order valence-electron chi connectivity index (χ0n) is 11.2. The molecule has 2 aromatic heterocycles. The van der Waals surface area contributed by atoms with Gasteiger partial charge in [0.1, 0.15) is 0 Å². The number of benzene rings is 1. The molecule has 2 heterocycles. The van der Waals surface area contributed by atoms with Gasteiger partial charge in [0.05, 0.1) is 6.20 Å². The predicted molar refractivity (Wildman–Crippen MR) is 75.0 cm³/mol. The molecule has 0 unspecified atom stereocenters. The summed E-state index contributed by atoms with van der Waals surface area (Å²) in [6.07, 6.45) is 5.24. The number of aromatic nitrogens is 4. The van der Waals surface area contributed by atoms with Crippen LogP contribution < -0.4 is 5.32 Å². The number of anilines is 1. The molecule has 0 atom stereocenters. The van der Waals surface area contributed by atoms with Gasteiger partial charge in [0.25, 0.3) is 0 Å². The highest BCUT2D eigenvalue weighted by atomic mass is 16.4. The average Bonchev–Trinajstić information content (AvgIpc) is 3.17. The van der Waals surface area contributed by atoms with Gasteiger partial charge in [-0.05, 0) is 25.1 Å². The monoisotopic (exact) mass is 269 g/mol. The standard InChI is InChI=1S/C14H15N5O/c1-2-19-9-11(8-17-19)7-15-13-5-3-4-12(6-13)14-18-16-10-20-14/h3-6,8-10,15H,2,7H2,1H3. The minimum absolute atomic E-state index is 0.521. The minimum atomic E-state index is 0.521. The third kappa shape index (κ3) is 2.69. The van der Waals surface area contributed by atoms with E-state index >= 15 is 0 Å². The van der Waals surface area contributed by atoms with E-state index in [9.17, 15) is 0 Å². The third-order valence-electron chi connectivity index (χ3n) is 2.98. The number of nitrogens with one attached hydrogen (secondary N) is 1. The van der Waals surface area contributed by atoms with Crippen molar-refractivity contribution in [2.45, 2.75) is 20.0 Å². The molecule has 3 aromatic rings. The number of hydrogen-bond donors (Lipinski definition) is 1. The Kier molecular flexibility index (Phi) is 3.45. The van der Waals surface area contributed by atoms with Gasteiger partial charge >= 0.3 is 0 Å². The van der Waals surface area contributed by atoms with E-state index in [-0.39, 0.29) is 0 Å². The highest BCUT2D eigenvalue weighted by Crippen LogP contribution is 2.20. The first-order valence-electron chi connectivity index (χ1n) is 6.47. The Morgan fingerprint density at radius 1 is 1.35 bits per heavy atom. The van der Waals surface area contributed by atoms with Gasteiger partial charge < -0.3 is 9.73 Å². The van der Waals surface area contributed by atoms with Gasteiger partial charge in [0, 0.05) is 36.1 Å². The molecule has 0 aliphatic rings. The fraction of sp³-hybridized carbons (Fsp3) is 0.214. The number of aryl methyl sites for hydroxylation is 1. The first kappa shape index (κ1) is 12.4. The van der Waals surface area contributed by atoms with Crippen LogP contribution in [0.5, 0.6) is 0 Å². The van der Waals surface area contributed by atoms with Crippen molar-refractivity contribution in [1.29, 1.82) is 0 Å². The van der Waals surface area contributed by atoms with Crippen LogP contribution in [0.15, 0.2) is 47.5 Å².